The summed E-state index contributed by atoms with van der Waals surface area (Å²) in [4.78, 5) is 33.6. The van der Waals surface area contributed by atoms with Crippen LogP contribution in [0.3, 0.4) is 0 Å². The number of likely N-dealkylation sites (N-methyl/N-ethyl adjacent to an activating group) is 1. The Morgan fingerprint density at radius 1 is 1.27 bits per heavy atom. The van der Waals surface area contributed by atoms with Crippen molar-refractivity contribution in [2.24, 2.45) is 0 Å². The number of rotatable bonds is 5. The van der Waals surface area contributed by atoms with E-state index in [1.807, 2.05) is 31.1 Å². The van der Waals surface area contributed by atoms with E-state index >= 15 is 0 Å². The lowest BCUT2D eigenvalue weighted by Gasteiger charge is -2.26. The number of fused-ring (bicyclic) bond motifs is 1. The molecule has 2 aromatic rings. The first-order valence-electron chi connectivity index (χ1n) is 10.1. The van der Waals surface area contributed by atoms with Crippen LogP contribution in [0.4, 0.5) is 0 Å². The van der Waals surface area contributed by atoms with Crippen molar-refractivity contribution in [3.8, 4) is 5.75 Å². The second kappa shape index (κ2) is 8.28. The highest BCUT2D eigenvalue weighted by molar-refractivity contribution is 6.46. The Hall–Kier alpha value is -3.19. The summed E-state index contributed by atoms with van der Waals surface area (Å²) in [5.41, 5.74) is 2.12. The summed E-state index contributed by atoms with van der Waals surface area (Å²) in [5.74, 6) is -0.679. The number of aliphatic hydroxyl groups excluding tert-OH is 1. The summed E-state index contributed by atoms with van der Waals surface area (Å²) >= 11 is 0. The van der Waals surface area contributed by atoms with Gasteiger partial charge in [-0.3, -0.25) is 14.6 Å². The minimum atomic E-state index is -0.724. The smallest absolute Gasteiger partial charge is 0.295 e. The van der Waals surface area contributed by atoms with Crippen LogP contribution in [-0.4, -0.2) is 65.4 Å². The molecule has 1 N–H and O–H groups in total. The third-order valence-corrected chi connectivity index (χ3v) is 5.48. The van der Waals surface area contributed by atoms with Gasteiger partial charge in [-0.25, -0.2) is 0 Å². The fraction of sp³-hybridized carbons (Fsp3) is 0.348. The van der Waals surface area contributed by atoms with Gasteiger partial charge in [0.25, 0.3) is 11.7 Å². The predicted molar refractivity (Wildman–Crippen MR) is 112 cm³/mol. The fourth-order valence-electron chi connectivity index (χ4n) is 3.93. The van der Waals surface area contributed by atoms with E-state index in [0.717, 1.165) is 24.2 Å². The van der Waals surface area contributed by atoms with Gasteiger partial charge in [0.1, 0.15) is 17.6 Å². The average molecular weight is 407 g/mol. The maximum atomic E-state index is 13.0. The maximum absolute atomic E-state index is 13.0. The van der Waals surface area contributed by atoms with Gasteiger partial charge in [0.05, 0.1) is 17.9 Å². The molecule has 156 valence electrons. The molecule has 1 unspecified atom stereocenters. The number of Topliss-reactive ketones (excluding diaryl/α,β-unsaturated/α-hetero) is 1. The number of likely N-dealkylation sites (tertiary alicyclic amines) is 1. The van der Waals surface area contributed by atoms with Crippen molar-refractivity contribution in [2.75, 3.05) is 33.8 Å². The molecular weight excluding hydrogens is 382 g/mol. The Bertz CT molecular complexity index is 1000. The molecule has 7 nitrogen and oxygen atoms in total. The number of hydrogen-bond donors (Lipinski definition) is 1. The number of nitrogens with zero attached hydrogens (tertiary/aromatic N) is 3. The van der Waals surface area contributed by atoms with Gasteiger partial charge in [-0.15, -0.1) is 0 Å². The highest BCUT2D eigenvalue weighted by atomic mass is 16.5. The lowest BCUT2D eigenvalue weighted by molar-refractivity contribution is -0.140. The number of pyridine rings is 1. The molecule has 2 aliphatic rings. The van der Waals surface area contributed by atoms with Crippen molar-refractivity contribution < 1.29 is 19.4 Å². The molecule has 0 aliphatic carbocycles. The Morgan fingerprint density at radius 2 is 2.10 bits per heavy atom. The Labute approximate surface area is 175 Å². The van der Waals surface area contributed by atoms with Crippen molar-refractivity contribution in [2.45, 2.75) is 18.9 Å². The minimum absolute atomic E-state index is 0.0779. The number of ketones is 1. The Balaban J connectivity index is 1.81. The van der Waals surface area contributed by atoms with E-state index in [-0.39, 0.29) is 11.3 Å². The molecular formula is C23H25N3O4. The number of hydrogen-bond acceptors (Lipinski definition) is 6. The molecule has 1 fully saturated rings. The zero-order valence-electron chi connectivity index (χ0n) is 17.2. The van der Waals surface area contributed by atoms with Crippen LogP contribution in [0.15, 0.2) is 48.2 Å². The van der Waals surface area contributed by atoms with Crippen molar-refractivity contribution in [1.82, 2.24) is 14.8 Å². The molecule has 0 bridgehead atoms. The molecule has 7 heteroatoms. The van der Waals surface area contributed by atoms with Crippen LogP contribution in [0.1, 0.15) is 29.3 Å². The molecule has 2 aliphatic heterocycles. The van der Waals surface area contributed by atoms with Gasteiger partial charge in [0.15, 0.2) is 0 Å². The standard InChI is InChI=1S/C23H25N3O4/c1-25(2)11-12-26-20(17-7-3-4-10-24-17)19(22(28)23(26)29)21(27)16-8-9-18-15(14-16)6-5-13-30-18/h3-4,7-10,14,20,27H,5-6,11-13H2,1-2H3/b21-19-. The third kappa shape index (κ3) is 3.68. The number of ether oxygens (including phenoxy) is 1. The second-order valence-electron chi connectivity index (χ2n) is 7.82. The van der Waals surface area contributed by atoms with Gasteiger partial charge in [0.2, 0.25) is 0 Å². The molecule has 1 saturated heterocycles. The Kier molecular flexibility index (Phi) is 5.55. The van der Waals surface area contributed by atoms with Crippen molar-refractivity contribution >= 4 is 17.4 Å². The normalized spacial score (nSPS) is 20.4. The van der Waals surface area contributed by atoms with Gasteiger partial charge in [-0.05, 0) is 62.8 Å². The molecule has 3 heterocycles. The number of amides is 1. The van der Waals surface area contributed by atoms with E-state index in [9.17, 15) is 14.7 Å². The van der Waals surface area contributed by atoms with Gasteiger partial charge in [-0.2, -0.15) is 0 Å². The van der Waals surface area contributed by atoms with Crippen molar-refractivity contribution in [1.29, 1.82) is 0 Å². The summed E-state index contributed by atoms with van der Waals surface area (Å²) in [6.07, 6.45) is 3.37. The van der Waals surface area contributed by atoms with E-state index in [1.165, 1.54) is 4.90 Å². The minimum Gasteiger partial charge on any atom is -0.507 e. The van der Waals surface area contributed by atoms with Crippen LogP contribution < -0.4 is 4.74 Å². The van der Waals surface area contributed by atoms with Gasteiger partial charge in [-0.1, -0.05) is 6.07 Å². The first kappa shape index (κ1) is 20.1. The number of carbonyl (C=O) groups excluding carboxylic acids is 2. The molecule has 0 spiro atoms. The fourth-order valence-corrected chi connectivity index (χ4v) is 3.93. The van der Waals surface area contributed by atoms with Crippen LogP contribution >= 0.6 is 0 Å². The molecule has 1 atom stereocenters. The quantitative estimate of drug-likeness (QED) is 0.466. The third-order valence-electron chi connectivity index (χ3n) is 5.48. The van der Waals surface area contributed by atoms with Crippen LogP contribution in [0.2, 0.25) is 0 Å². The van der Waals surface area contributed by atoms with Crippen LogP contribution in [-0.2, 0) is 16.0 Å². The SMILES string of the molecule is CN(C)CCN1C(=O)C(=O)/C(=C(\O)c2ccc3c(c2)CCCO3)C1c1ccccn1. The summed E-state index contributed by atoms with van der Waals surface area (Å²) < 4.78 is 5.64. The number of aromatic nitrogens is 1. The Morgan fingerprint density at radius 3 is 2.83 bits per heavy atom. The first-order valence-corrected chi connectivity index (χ1v) is 10.1. The summed E-state index contributed by atoms with van der Waals surface area (Å²) in [6, 6.07) is 10.0. The summed E-state index contributed by atoms with van der Waals surface area (Å²) in [6.45, 7) is 1.62. The highest BCUT2D eigenvalue weighted by Crippen LogP contribution is 2.39. The number of carbonyl (C=O) groups is 2. The molecule has 4 rings (SSSR count). The lowest BCUT2D eigenvalue weighted by Crippen LogP contribution is -2.35. The van der Waals surface area contributed by atoms with Gasteiger partial charge < -0.3 is 19.6 Å². The van der Waals surface area contributed by atoms with Gasteiger partial charge in [0, 0.05) is 24.8 Å². The summed E-state index contributed by atoms with van der Waals surface area (Å²) in [7, 11) is 3.81. The molecule has 1 amide bonds. The largest absolute Gasteiger partial charge is 0.507 e. The van der Waals surface area contributed by atoms with Crippen LogP contribution in [0, 0.1) is 0 Å². The lowest BCUT2D eigenvalue weighted by atomic mass is 9.96. The van der Waals surface area contributed by atoms with E-state index in [1.54, 1.807) is 30.5 Å². The van der Waals surface area contributed by atoms with E-state index in [0.29, 0.717) is 31.0 Å². The average Bonchev–Trinajstić information content (AvgIpc) is 3.02. The zero-order valence-corrected chi connectivity index (χ0v) is 17.2. The zero-order chi connectivity index (χ0) is 21.3. The monoisotopic (exact) mass is 407 g/mol. The molecule has 30 heavy (non-hydrogen) atoms. The number of aliphatic hydroxyl groups is 1. The maximum Gasteiger partial charge on any atom is 0.295 e. The summed E-state index contributed by atoms with van der Waals surface area (Å²) in [5, 5.41) is 11.1. The molecule has 0 radical (unpaired) electrons. The first-order chi connectivity index (χ1) is 14.5. The highest BCUT2D eigenvalue weighted by Gasteiger charge is 2.46. The van der Waals surface area contributed by atoms with E-state index in [4.69, 9.17) is 4.74 Å². The van der Waals surface area contributed by atoms with E-state index < -0.39 is 17.7 Å². The topological polar surface area (TPSA) is 83.0 Å². The second-order valence-corrected chi connectivity index (χ2v) is 7.82. The van der Waals surface area contributed by atoms with Crippen molar-refractivity contribution in [3.05, 3.63) is 65.0 Å². The van der Waals surface area contributed by atoms with Crippen LogP contribution in [0.5, 0.6) is 5.75 Å². The molecule has 1 aromatic heterocycles. The number of benzene rings is 1. The number of aryl methyl sites for hydroxylation is 1. The van der Waals surface area contributed by atoms with E-state index in [2.05, 4.69) is 4.98 Å². The van der Waals surface area contributed by atoms with Crippen molar-refractivity contribution in [3.63, 3.8) is 0 Å². The van der Waals surface area contributed by atoms with Gasteiger partial charge >= 0.3 is 0 Å². The molecule has 1 aromatic carbocycles. The van der Waals surface area contributed by atoms with Crippen LogP contribution in [0.25, 0.3) is 5.76 Å². The molecule has 0 saturated carbocycles. The predicted octanol–water partition coefficient (Wildman–Crippen LogP) is 2.39.